The maximum absolute atomic E-state index is 10.8. The normalized spacial score (nSPS) is 11.4. The molecular formula is C11H15NO2. The first-order chi connectivity index (χ1) is 6.65. The fourth-order valence-corrected chi connectivity index (χ4v) is 1.25. The number of ketones is 1. The number of carbonyl (C=O) groups excluding carboxylic acids is 1. The Hall–Kier alpha value is -1.35. The summed E-state index contributed by atoms with van der Waals surface area (Å²) < 4.78 is 2.06. The van der Waals surface area contributed by atoms with E-state index in [1.807, 2.05) is 18.3 Å². The first-order valence-corrected chi connectivity index (χ1v) is 4.63. The number of rotatable bonds is 4. The van der Waals surface area contributed by atoms with E-state index in [-0.39, 0.29) is 5.78 Å². The second kappa shape index (κ2) is 4.77. The van der Waals surface area contributed by atoms with Gasteiger partial charge in [0, 0.05) is 17.9 Å². The standard InChI is InChI=1S/C11H15NO2/c1-9(2)12-7-3-4-10(12)5-6-11(14)8-13/h3-7,9,13H,8H2,1-2H3/b6-5+. The molecule has 0 unspecified atom stereocenters. The van der Waals surface area contributed by atoms with Crippen molar-refractivity contribution < 1.29 is 9.90 Å². The Morgan fingerprint density at radius 2 is 2.36 bits per heavy atom. The summed E-state index contributed by atoms with van der Waals surface area (Å²) in [5.74, 6) is -0.276. The SMILES string of the molecule is CC(C)n1cccc1/C=C/C(=O)CO. The predicted octanol–water partition coefficient (Wildman–Crippen LogP) is 1.64. The Kier molecular flexibility index (Phi) is 3.65. The number of carbonyl (C=O) groups is 1. The molecule has 0 amide bonds. The van der Waals surface area contributed by atoms with Crippen LogP contribution >= 0.6 is 0 Å². The predicted molar refractivity (Wildman–Crippen MR) is 55.9 cm³/mol. The zero-order valence-electron chi connectivity index (χ0n) is 8.47. The minimum Gasteiger partial charge on any atom is -0.388 e. The van der Waals surface area contributed by atoms with Crippen LogP contribution in [0.4, 0.5) is 0 Å². The molecule has 0 fully saturated rings. The van der Waals surface area contributed by atoms with Crippen LogP contribution in [0.15, 0.2) is 24.4 Å². The first-order valence-electron chi connectivity index (χ1n) is 4.63. The molecule has 0 aliphatic rings. The van der Waals surface area contributed by atoms with Crippen LogP contribution in [0.2, 0.25) is 0 Å². The topological polar surface area (TPSA) is 42.2 Å². The van der Waals surface area contributed by atoms with Gasteiger partial charge < -0.3 is 9.67 Å². The van der Waals surface area contributed by atoms with Gasteiger partial charge in [0.1, 0.15) is 6.61 Å². The zero-order valence-corrected chi connectivity index (χ0v) is 8.47. The molecule has 0 aromatic carbocycles. The highest BCUT2D eigenvalue weighted by Crippen LogP contribution is 2.11. The quantitative estimate of drug-likeness (QED) is 0.739. The number of aliphatic hydroxyl groups is 1. The Morgan fingerprint density at radius 3 is 2.93 bits per heavy atom. The van der Waals surface area contributed by atoms with E-state index in [2.05, 4.69) is 18.4 Å². The lowest BCUT2D eigenvalue weighted by Crippen LogP contribution is -2.02. The van der Waals surface area contributed by atoms with E-state index >= 15 is 0 Å². The molecule has 0 spiro atoms. The molecule has 14 heavy (non-hydrogen) atoms. The molecule has 0 aliphatic heterocycles. The van der Waals surface area contributed by atoms with Crippen molar-refractivity contribution >= 4 is 11.9 Å². The minimum absolute atomic E-state index is 0.276. The molecule has 1 rings (SSSR count). The van der Waals surface area contributed by atoms with Crippen molar-refractivity contribution in [1.29, 1.82) is 0 Å². The molecule has 0 bridgehead atoms. The van der Waals surface area contributed by atoms with Gasteiger partial charge in [-0.1, -0.05) is 0 Å². The van der Waals surface area contributed by atoms with E-state index < -0.39 is 6.61 Å². The summed E-state index contributed by atoms with van der Waals surface area (Å²) in [4.78, 5) is 10.8. The van der Waals surface area contributed by atoms with Crippen LogP contribution in [0.1, 0.15) is 25.6 Å². The molecule has 0 saturated heterocycles. The smallest absolute Gasteiger partial charge is 0.181 e. The van der Waals surface area contributed by atoms with Crippen LogP contribution in [0.25, 0.3) is 6.08 Å². The third-order valence-corrected chi connectivity index (χ3v) is 1.96. The van der Waals surface area contributed by atoms with E-state index in [9.17, 15) is 4.79 Å². The summed E-state index contributed by atoms with van der Waals surface area (Å²) in [5.41, 5.74) is 0.974. The van der Waals surface area contributed by atoms with Gasteiger partial charge in [0.15, 0.2) is 5.78 Å². The van der Waals surface area contributed by atoms with Gasteiger partial charge in [-0.3, -0.25) is 4.79 Å². The number of hydrogen-bond acceptors (Lipinski definition) is 2. The van der Waals surface area contributed by atoms with Crippen molar-refractivity contribution in [3.63, 3.8) is 0 Å². The molecule has 76 valence electrons. The largest absolute Gasteiger partial charge is 0.388 e. The Balaban J connectivity index is 2.81. The average Bonchev–Trinajstić information content (AvgIpc) is 2.62. The van der Waals surface area contributed by atoms with Crippen LogP contribution in [0.5, 0.6) is 0 Å². The molecular weight excluding hydrogens is 178 g/mol. The highest BCUT2D eigenvalue weighted by Gasteiger charge is 2.00. The average molecular weight is 193 g/mol. The molecule has 0 atom stereocenters. The summed E-state index contributed by atoms with van der Waals surface area (Å²) in [6.45, 7) is 3.72. The molecule has 1 aromatic rings. The molecule has 3 heteroatoms. The summed E-state index contributed by atoms with van der Waals surface area (Å²) in [6, 6.07) is 4.23. The summed E-state index contributed by atoms with van der Waals surface area (Å²) in [7, 11) is 0. The van der Waals surface area contributed by atoms with Gasteiger partial charge in [0.25, 0.3) is 0 Å². The summed E-state index contributed by atoms with van der Waals surface area (Å²) in [6.07, 6.45) is 5.08. The summed E-state index contributed by atoms with van der Waals surface area (Å²) in [5, 5.41) is 8.53. The van der Waals surface area contributed by atoms with Gasteiger partial charge in [-0.25, -0.2) is 0 Å². The molecule has 0 saturated carbocycles. The van der Waals surface area contributed by atoms with E-state index in [0.29, 0.717) is 6.04 Å². The van der Waals surface area contributed by atoms with Crippen LogP contribution < -0.4 is 0 Å². The molecule has 1 N–H and O–H groups in total. The van der Waals surface area contributed by atoms with Crippen molar-refractivity contribution in [2.24, 2.45) is 0 Å². The van der Waals surface area contributed by atoms with Gasteiger partial charge in [-0.05, 0) is 38.1 Å². The van der Waals surface area contributed by atoms with Gasteiger partial charge in [0.05, 0.1) is 0 Å². The number of aliphatic hydroxyl groups excluding tert-OH is 1. The minimum atomic E-state index is -0.432. The Morgan fingerprint density at radius 1 is 1.64 bits per heavy atom. The van der Waals surface area contributed by atoms with Crippen molar-refractivity contribution in [3.05, 3.63) is 30.1 Å². The van der Waals surface area contributed by atoms with Crippen LogP contribution in [-0.2, 0) is 4.79 Å². The van der Waals surface area contributed by atoms with E-state index in [1.54, 1.807) is 6.08 Å². The van der Waals surface area contributed by atoms with Gasteiger partial charge in [-0.15, -0.1) is 0 Å². The molecule has 0 radical (unpaired) electrons. The highest BCUT2D eigenvalue weighted by molar-refractivity contribution is 5.94. The van der Waals surface area contributed by atoms with Crippen molar-refractivity contribution in [3.8, 4) is 0 Å². The maximum Gasteiger partial charge on any atom is 0.181 e. The van der Waals surface area contributed by atoms with Gasteiger partial charge in [0.2, 0.25) is 0 Å². The van der Waals surface area contributed by atoms with Crippen LogP contribution in [-0.4, -0.2) is 22.1 Å². The van der Waals surface area contributed by atoms with Gasteiger partial charge >= 0.3 is 0 Å². The molecule has 1 heterocycles. The Labute approximate surface area is 83.7 Å². The second-order valence-corrected chi connectivity index (χ2v) is 3.39. The highest BCUT2D eigenvalue weighted by atomic mass is 16.3. The lowest BCUT2D eigenvalue weighted by atomic mass is 10.3. The zero-order chi connectivity index (χ0) is 10.6. The van der Waals surface area contributed by atoms with E-state index in [1.165, 1.54) is 6.08 Å². The fraction of sp³-hybridized carbons (Fsp3) is 0.364. The van der Waals surface area contributed by atoms with Gasteiger partial charge in [-0.2, -0.15) is 0 Å². The molecule has 1 aromatic heterocycles. The van der Waals surface area contributed by atoms with Crippen LogP contribution in [0.3, 0.4) is 0 Å². The summed E-state index contributed by atoms with van der Waals surface area (Å²) >= 11 is 0. The van der Waals surface area contributed by atoms with Crippen molar-refractivity contribution in [2.45, 2.75) is 19.9 Å². The van der Waals surface area contributed by atoms with Crippen LogP contribution in [0, 0.1) is 0 Å². The number of aromatic nitrogens is 1. The second-order valence-electron chi connectivity index (χ2n) is 3.39. The van der Waals surface area contributed by atoms with E-state index in [4.69, 9.17) is 5.11 Å². The lowest BCUT2D eigenvalue weighted by molar-refractivity contribution is -0.117. The Bertz CT molecular complexity index is 337. The fourth-order valence-electron chi connectivity index (χ4n) is 1.25. The first kappa shape index (κ1) is 10.7. The van der Waals surface area contributed by atoms with Crippen molar-refractivity contribution in [2.75, 3.05) is 6.61 Å². The molecule has 0 aliphatic carbocycles. The molecule has 3 nitrogen and oxygen atoms in total. The van der Waals surface area contributed by atoms with Crippen molar-refractivity contribution in [1.82, 2.24) is 4.57 Å². The number of hydrogen-bond donors (Lipinski definition) is 1. The van der Waals surface area contributed by atoms with E-state index in [0.717, 1.165) is 5.69 Å². The third-order valence-electron chi connectivity index (χ3n) is 1.96. The monoisotopic (exact) mass is 193 g/mol. The third kappa shape index (κ3) is 2.57. The maximum atomic E-state index is 10.8. The lowest BCUT2D eigenvalue weighted by Gasteiger charge is -2.09. The number of nitrogens with zero attached hydrogens (tertiary/aromatic N) is 1.